The van der Waals surface area contributed by atoms with Crippen molar-refractivity contribution < 1.29 is 4.79 Å². The molecule has 156 valence electrons. The van der Waals surface area contributed by atoms with Crippen LogP contribution in [0, 0.1) is 11.3 Å². The molecule has 1 aliphatic carbocycles. The summed E-state index contributed by atoms with van der Waals surface area (Å²) in [6.45, 7) is 8.38. The Kier molecular flexibility index (Phi) is 7.36. The molecule has 29 heavy (non-hydrogen) atoms. The number of thioether (sulfide) groups is 1. The van der Waals surface area contributed by atoms with Crippen molar-refractivity contribution in [2.24, 2.45) is 0 Å². The van der Waals surface area contributed by atoms with E-state index < -0.39 is 0 Å². The Labute approximate surface area is 181 Å². The molecule has 8 heteroatoms. The maximum absolute atomic E-state index is 12.6. The van der Waals surface area contributed by atoms with E-state index >= 15 is 0 Å². The summed E-state index contributed by atoms with van der Waals surface area (Å²) in [4.78, 5) is 13.9. The van der Waals surface area contributed by atoms with E-state index in [1.807, 2.05) is 0 Å². The number of carbonyl (C=O) groups is 1. The molecule has 2 aromatic rings. The number of aromatic nitrogens is 3. The van der Waals surface area contributed by atoms with E-state index in [0.717, 1.165) is 42.2 Å². The van der Waals surface area contributed by atoms with Crippen LogP contribution in [0.25, 0.3) is 0 Å². The van der Waals surface area contributed by atoms with Crippen molar-refractivity contribution in [1.29, 1.82) is 5.26 Å². The Bertz CT molecular complexity index is 907. The highest BCUT2D eigenvalue weighted by atomic mass is 32.2. The van der Waals surface area contributed by atoms with Gasteiger partial charge in [0.2, 0.25) is 5.91 Å². The van der Waals surface area contributed by atoms with Crippen LogP contribution in [0.15, 0.2) is 5.16 Å². The molecule has 6 nitrogen and oxygen atoms in total. The Morgan fingerprint density at radius 2 is 1.93 bits per heavy atom. The average Bonchev–Trinajstić information content (AvgIpc) is 3.21. The monoisotopic (exact) mass is 431 g/mol. The maximum Gasteiger partial charge on any atom is 0.235 e. The normalized spacial score (nSPS) is 14.4. The van der Waals surface area contributed by atoms with Gasteiger partial charge in [-0.25, -0.2) is 0 Å². The fourth-order valence-electron chi connectivity index (χ4n) is 3.68. The predicted molar refractivity (Wildman–Crippen MR) is 119 cm³/mol. The molecule has 1 N–H and O–H groups in total. The summed E-state index contributed by atoms with van der Waals surface area (Å²) in [7, 11) is 0. The first-order valence-corrected chi connectivity index (χ1v) is 12.1. The third kappa shape index (κ3) is 5.01. The molecule has 0 spiro atoms. The topological polar surface area (TPSA) is 83.6 Å². The largest absolute Gasteiger partial charge is 0.316 e. The molecular weight excluding hydrogens is 402 g/mol. The van der Waals surface area contributed by atoms with Gasteiger partial charge in [0.15, 0.2) is 5.16 Å². The summed E-state index contributed by atoms with van der Waals surface area (Å²) >= 11 is 2.97. The maximum atomic E-state index is 12.6. The molecular formula is C21H29N5OS2. The number of fused-ring (bicyclic) bond motifs is 1. The molecule has 0 aromatic carbocycles. The van der Waals surface area contributed by atoms with Gasteiger partial charge >= 0.3 is 0 Å². The zero-order valence-corrected chi connectivity index (χ0v) is 19.3. The first-order valence-electron chi connectivity index (χ1n) is 10.3. The molecule has 1 aliphatic rings. The van der Waals surface area contributed by atoms with Gasteiger partial charge < -0.3 is 9.88 Å². The lowest BCUT2D eigenvalue weighted by Gasteiger charge is -2.15. The molecule has 0 bridgehead atoms. The van der Waals surface area contributed by atoms with Crippen LogP contribution >= 0.6 is 23.1 Å². The highest BCUT2D eigenvalue weighted by Gasteiger charge is 2.22. The number of carbonyl (C=O) groups excluding carboxylic acids is 1. The lowest BCUT2D eigenvalue weighted by Crippen LogP contribution is -2.15. The van der Waals surface area contributed by atoms with Crippen LogP contribution in [0.5, 0.6) is 0 Å². The Balaban J connectivity index is 1.71. The summed E-state index contributed by atoms with van der Waals surface area (Å²) in [5, 5.41) is 22.7. The number of nitriles is 1. The minimum Gasteiger partial charge on any atom is -0.316 e. The second-order valence-electron chi connectivity index (χ2n) is 8.03. The Hall–Kier alpha value is -1.85. The van der Waals surface area contributed by atoms with Crippen LogP contribution in [0.1, 0.15) is 87.2 Å². The standard InChI is InChI=1S/C21H29N5OS2/c1-13(2)19-24-25-21(26(19)14(3)4)28-12-18(27)23-20-16(11-22)15-9-7-5-6-8-10-17(15)29-20/h13-14H,5-10,12H2,1-4H3,(H,23,27). The summed E-state index contributed by atoms with van der Waals surface area (Å²) in [5.74, 6) is 1.35. The second-order valence-corrected chi connectivity index (χ2v) is 10.1. The number of amides is 1. The van der Waals surface area contributed by atoms with Crippen LogP contribution < -0.4 is 5.32 Å². The van der Waals surface area contributed by atoms with Crippen LogP contribution in [0.4, 0.5) is 5.00 Å². The van der Waals surface area contributed by atoms with Crippen molar-refractivity contribution in [2.75, 3.05) is 11.1 Å². The number of aryl methyl sites for hydroxylation is 1. The zero-order chi connectivity index (χ0) is 21.0. The molecule has 0 atom stereocenters. The van der Waals surface area contributed by atoms with Crippen LogP contribution in [-0.4, -0.2) is 26.4 Å². The lowest BCUT2D eigenvalue weighted by atomic mass is 9.97. The van der Waals surface area contributed by atoms with Gasteiger partial charge in [-0.15, -0.1) is 21.5 Å². The van der Waals surface area contributed by atoms with E-state index in [1.54, 1.807) is 11.3 Å². The number of anilines is 1. The number of thiophene rings is 1. The second kappa shape index (κ2) is 9.77. The molecule has 1 amide bonds. The van der Waals surface area contributed by atoms with Gasteiger partial charge in [0, 0.05) is 16.8 Å². The van der Waals surface area contributed by atoms with Crippen molar-refractivity contribution in [3.05, 3.63) is 21.8 Å². The van der Waals surface area contributed by atoms with Crippen molar-refractivity contribution in [3.8, 4) is 6.07 Å². The van der Waals surface area contributed by atoms with Gasteiger partial charge in [-0.3, -0.25) is 4.79 Å². The quantitative estimate of drug-likeness (QED) is 0.627. The lowest BCUT2D eigenvalue weighted by molar-refractivity contribution is -0.113. The first kappa shape index (κ1) is 21.8. The predicted octanol–water partition coefficient (Wildman–Crippen LogP) is 5.31. The van der Waals surface area contributed by atoms with Crippen LogP contribution in [-0.2, 0) is 17.6 Å². The molecule has 2 aromatic heterocycles. The smallest absolute Gasteiger partial charge is 0.235 e. The summed E-state index contributed by atoms with van der Waals surface area (Å²) < 4.78 is 2.10. The summed E-state index contributed by atoms with van der Waals surface area (Å²) in [6.07, 6.45) is 6.68. The third-order valence-electron chi connectivity index (χ3n) is 5.09. The fourth-order valence-corrected chi connectivity index (χ4v) is 5.81. The van der Waals surface area contributed by atoms with Crippen LogP contribution in [0.2, 0.25) is 0 Å². The molecule has 2 heterocycles. The fraction of sp³-hybridized carbons (Fsp3) is 0.619. The van der Waals surface area contributed by atoms with Gasteiger partial charge in [0.05, 0.1) is 11.3 Å². The van der Waals surface area contributed by atoms with Gasteiger partial charge in [0.1, 0.15) is 16.9 Å². The molecule has 0 radical (unpaired) electrons. The molecule has 0 saturated heterocycles. The van der Waals surface area contributed by atoms with E-state index in [1.165, 1.54) is 29.5 Å². The minimum atomic E-state index is -0.106. The van der Waals surface area contributed by atoms with Gasteiger partial charge in [-0.05, 0) is 45.1 Å². The zero-order valence-electron chi connectivity index (χ0n) is 17.6. The number of hydrogen-bond acceptors (Lipinski definition) is 6. The summed E-state index contributed by atoms with van der Waals surface area (Å²) in [6, 6.07) is 2.56. The number of nitrogens with zero attached hydrogens (tertiary/aromatic N) is 4. The number of nitrogens with one attached hydrogen (secondary N) is 1. The highest BCUT2D eigenvalue weighted by Crippen LogP contribution is 2.36. The van der Waals surface area contributed by atoms with Crippen LogP contribution in [0.3, 0.4) is 0 Å². The molecule has 3 rings (SSSR count). The van der Waals surface area contributed by atoms with E-state index in [2.05, 4.69) is 53.8 Å². The average molecular weight is 432 g/mol. The van der Waals surface area contributed by atoms with E-state index in [9.17, 15) is 10.1 Å². The Morgan fingerprint density at radius 1 is 1.21 bits per heavy atom. The molecule has 0 fully saturated rings. The highest BCUT2D eigenvalue weighted by molar-refractivity contribution is 7.99. The van der Waals surface area contributed by atoms with E-state index in [0.29, 0.717) is 10.6 Å². The van der Waals surface area contributed by atoms with E-state index in [-0.39, 0.29) is 23.6 Å². The van der Waals surface area contributed by atoms with Crippen molar-refractivity contribution in [2.45, 2.75) is 83.3 Å². The van der Waals surface area contributed by atoms with Gasteiger partial charge in [-0.2, -0.15) is 5.26 Å². The number of rotatable bonds is 6. The third-order valence-corrected chi connectivity index (χ3v) is 7.24. The first-order chi connectivity index (χ1) is 13.9. The number of hydrogen-bond donors (Lipinski definition) is 1. The van der Waals surface area contributed by atoms with E-state index in [4.69, 9.17) is 0 Å². The van der Waals surface area contributed by atoms with Gasteiger partial charge in [0.25, 0.3) is 0 Å². The Morgan fingerprint density at radius 3 is 2.59 bits per heavy atom. The minimum absolute atomic E-state index is 0.106. The van der Waals surface area contributed by atoms with Crippen molar-refractivity contribution in [1.82, 2.24) is 14.8 Å². The SMILES string of the molecule is CC(C)c1nnc(SCC(=O)Nc2sc3c(c2C#N)CCCCCC3)n1C(C)C. The molecule has 0 unspecified atom stereocenters. The molecule has 0 aliphatic heterocycles. The van der Waals surface area contributed by atoms with Crippen molar-refractivity contribution >= 4 is 34.0 Å². The summed E-state index contributed by atoms with van der Waals surface area (Å²) in [5.41, 5.74) is 1.82. The van der Waals surface area contributed by atoms with Crippen molar-refractivity contribution in [3.63, 3.8) is 0 Å². The van der Waals surface area contributed by atoms with Gasteiger partial charge in [-0.1, -0.05) is 38.5 Å². The molecule has 0 saturated carbocycles.